The molecule has 0 spiro atoms. The summed E-state index contributed by atoms with van der Waals surface area (Å²) in [5, 5.41) is 0. The molecule has 0 saturated carbocycles. The standard InChI is InChI=1S/C9H18N2O3/c1-9(11,8(10)12)3-2-4-14-7-5-13-6-7/h7H,2-6,11H2,1H3,(H2,10,12). The van der Waals surface area contributed by atoms with Gasteiger partial charge in [-0.05, 0) is 19.8 Å². The minimum atomic E-state index is -0.917. The molecule has 0 aliphatic carbocycles. The van der Waals surface area contributed by atoms with Crippen molar-refractivity contribution in [3.63, 3.8) is 0 Å². The number of ether oxygens (including phenoxy) is 2. The Balaban J connectivity index is 2.04. The van der Waals surface area contributed by atoms with Gasteiger partial charge in [0.05, 0.1) is 18.8 Å². The second-order valence-corrected chi connectivity index (χ2v) is 3.92. The molecule has 1 fully saturated rings. The lowest BCUT2D eigenvalue weighted by Crippen LogP contribution is -2.49. The van der Waals surface area contributed by atoms with Crippen LogP contribution in [0.3, 0.4) is 0 Å². The molecule has 5 heteroatoms. The first-order valence-corrected chi connectivity index (χ1v) is 4.80. The highest BCUT2D eigenvalue weighted by Gasteiger charge is 2.25. The van der Waals surface area contributed by atoms with E-state index in [9.17, 15) is 4.79 Å². The van der Waals surface area contributed by atoms with E-state index in [2.05, 4.69) is 0 Å². The third kappa shape index (κ3) is 3.25. The van der Waals surface area contributed by atoms with Crippen LogP contribution < -0.4 is 11.5 Å². The fraction of sp³-hybridized carbons (Fsp3) is 0.889. The smallest absolute Gasteiger partial charge is 0.237 e. The first-order valence-electron chi connectivity index (χ1n) is 4.80. The van der Waals surface area contributed by atoms with Gasteiger partial charge in [0.2, 0.25) is 5.91 Å². The topological polar surface area (TPSA) is 87.6 Å². The maximum absolute atomic E-state index is 10.9. The van der Waals surface area contributed by atoms with Crippen molar-refractivity contribution in [3.8, 4) is 0 Å². The third-order valence-corrected chi connectivity index (χ3v) is 2.36. The third-order valence-electron chi connectivity index (χ3n) is 2.36. The zero-order valence-corrected chi connectivity index (χ0v) is 8.49. The molecule has 0 radical (unpaired) electrons. The summed E-state index contributed by atoms with van der Waals surface area (Å²) in [6, 6.07) is 0. The molecule has 0 aromatic carbocycles. The number of carbonyl (C=O) groups excluding carboxylic acids is 1. The van der Waals surface area contributed by atoms with Gasteiger partial charge in [-0.1, -0.05) is 0 Å². The molecule has 1 amide bonds. The number of hydrogen-bond donors (Lipinski definition) is 2. The molecular weight excluding hydrogens is 184 g/mol. The summed E-state index contributed by atoms with van der Waals surface area (Å²) < 4.78 is 10.4. The Hall–Kier alpha value is -0.650. The first kappa shape index (κ1) is 11.4. The lowest BCUT2D eigenvalue weighted by molar-refractivity contribution is -0.131. The van der Waals surface area contributed by atoms with Crippen LogP contribution in [0.25, 0.3) is 0 Å². The number of hydrogen-bond acceptors (Lipinski definition) is 4. The highest BCUT2D eigenvalue weighted by atomic mass is 16.6. The monoisotopic (exact) mass is 202 g/mol. The van der Waals surface area contributed by atoms with E-state index < -0.39 is 11.4 Å². The van der Waals surface area contributed by atoms with Gasteiger partial charge >= 0.3 is 0 Å². The van der Waals surface area contributed by atoms with Gasteiger partial charge in [-0.3, -0.25) is 4.79 Å². The molecule has 1 rings (SSSR count). The summed E-state index contributed by atoms with van der Waals surface area (Å²) in [7, 11) is 0. The number of primary amides is 1. The molecule has 0 bridgehead atoms. The Morgan fingerprint density at radius 2 is 2.29 bits per heavy atom. The van der Waals surface area contributed by atoms with E-state index in [1.54, 1.807) is 6.92 Å². The van der Waals surface area contributed by atoms with Gasteiger partial charge in [0.25, 0.3) is 0 Å². The van der Waals surface area contributed by atoms with Crippen molar-refractivity contribution in [2.24, 2.45) is 11.5 Å². The second-order valence-electron chi connectivity index (χ2n) is 3.92. The van der Waals surface area contributed by atoms with Gasteiger partial charge in [-0.15, -0.1) is 0 Å². The summed E-state index contributed by atoms with van der Waals surface area (Å²) in [5.41, 5.74) is 9.88. The molecule has 14 heavy (non-hydrogen) atoms. The van der Waals surface area contributed by atoms with Gasteiger partial charge in [0.1, 0.15) is 6.10 Å². The lowest BCUT2D eigenvalue weighted by Gasteiger charge is -2.26. The van der Waals surface area contributed by atoms with Crippen LogP contribution in [0, 0.1) is 0 Å². The Bertz CT molecular complexity index is 202. The summed E-state index contributed by atoms with van der Waals surface area (Å²) in [4.78, 5) is 10.9. The molecule has 1 aliphatic rings. The highest BCUT2D eigenvalue weighted by Crippen LogP contribution is 2.10. The second kappa shape index (κ2) is 4.72. The predicted molar refractivity (Wildman–Crippen MR) is 51.6 cm³/mol. The number of nitrogens with two attached hydrogens (primary N) is 2. The molecule has 0 aromatic rings. The van der Waals surface area contributed by atoms with Crippen molar-refractivity contribution >= 4 is 5.91 Å². The minimum Gasteiger partial charge on any atom is -0.376 e. The van der Waals surface area contributed by atoms with Gasteiger partial charge in [-0.25, -0.2) is 0 Å². The fourth-order valence-electron chi connectivity index (χ4n) is 1.12. The SMILES string of the molecule is CC(N)(CCCOC1COC1)C(N)=O. The molecule has 1 atom stereocenters. The zero-order valence-electron chi connectivity index (χ0n) is 8.49. The van der Waals surface area contributed by atoms with Gasteiger partial charge < -0.3 is 20.9 Å². The first-order chi connectivity index (χ1) is 6.52. The molecular formula is C9H18N2O3. The summed E-state index contributed by atoms with van der Waals surface area (Å²) in [6.45, 7) is 3.60. The van der Waals surface area contributed by atoms with Crippen LogP contribution in [0.1, 0.15) is 19.8 Å². The Morgan fingerprint density at radius 1 is 1.64 bits per heavy atom. The highest BCUT2D eigenvalue weighted by molar-refractivity contribution is 5.83. The largest absolute Gasteiger partial charge is 0.376 e. The molecule has 0 aromatic heterocycles. The molecule has 1 unspecified atom stereocenters. The number of rotatable bonds is 6. The van der Waals surface area contributed by atoms with Crippen LogP contribution in [0.15, 0.2) is 0 Å². The normalized spacial score (nSPS) is 21.3. The van der Waals surface area contributed by atoms with E-state index in [4.69, 9.17) is 20.9 Å². The average Bonchev–Trinajstić information content (AvgIpc) is 2.00. The maximum Gasteiger partial charge on any atom is 0.237 e. The van der Waals surface area contributed by atoms with Crippen LogP contribution in [0.2, 0.25) is 0 Å². The van der Waals surface area contributed by atoms with E-state index in [-0.39, 0.29) is 6.10 Å². The van der Waals surface area contributed by atoms with Crippen LogP contribution in [0.5, 0.6) is 0 Å². The average molecular weight is 202 g/mol. The molecule has 5 nitrogen and oxygen atoms in total. The van der Waals surface area contributed by atoms with Gasteiger partial charge in [-0.2, -0.15) is 0 Å². The lowest BCUT2D eigenvalue weighted by atomic mass is 9.97. The molecule has 4 N–H and O–H groups in total. The van der Waals surface area contributed by atoms with Crippen molar-refractivity contribution in [2.75, 3.05) is 19.8 Å². The van der Waals surface area contributed by atoms with Crippen molar-refractivity contribution < 1.29 is 14.3 Å². The van der Waals surface area contributed by atoms with E-state index in [1.807, 2.05) is 0 Å². The van der Waals surface area contributed by atoms with Crippen LogP contribution in [0.4, 0.5) is 0 Å². The van der Waals surface area contributed by atoms with E-state index >= 15 is 0 Å². The van der Waals surface area contributed by atoms with Gasteiger partial charge in [0, 0.05) is 6.61 Å². The summed E-state index contributed by atoms with van der Waals surface area (Å²) in [5.74, 6) is -0.468. The molecule has 1 aliphatic heterocycles. The Kier molecular flexibility index (Phi) is 3.86. The van der Waals surface area contributed by atoms with Crippen LogP contribution in [-0.2, 0) is 14.3 Å². The van der Waals surface area contributed by atoms with E-state index in [0.717, 1.165) is 6.42 Å². The van der Waals surface area contributed by atoms with Crippen molar-refractivity contribution in [2.45, 2.75) is 31.4 Å². The van der Waals surface area contributed by atoms with Crippen LogP contribution >= 0.6 is 0 Å². The Morgan fingerprint density at radius 3 is 2.71 bits per heavy atom. The number of carbonyl (C=O) groups is 1. The Labute approximate surface area is 83.7 Å². The van der Waals surface area contributed by atoms with Crippen molar-refractivity contribution in [1.82, 2.24) is 0 Å². The van der Waals surface area contributed by atoms with Gasteiger partial charge in [0.15, 0.2) is 0 Å². The fourth-order valence-corrected chi connectivity index (χ4v) is 1.12. The maximum atomic E-state index is 10.9. The summed E-state index contributed by atoms with van der Waals surface area (Å²) in [6.07, 6.45) is 1.52. The van der Waals surface area contributed by atoms with E-state index in [0.29, 0.717) is 26.2 Å². The number of amides is 1. The molecule has 1 heterocycles. The van der Waals surface area contributed by atoms with E-state index in [1.165, 1.54) is 0 Å². The van der Waals surface area contributed by atoms with Crippen molar-refractivity contribution in [3.05, 3.63) is 0 Å². The van der Waals surface area contributed by atoms with Crippen LogP contribution in [-0.4, -0.2) is 37.4 Å². The molecule has 82 valence electrons. The summed E-state index contributed by atoms with van der Waals surface area (Å²) >= 11 is 0. The van der Waals surface area contributed by atoms with Crippen molar-refractivity contribution in [1.29, 1.82) is 0 Å². The quantitative estimate of drug-likeness (QED) is 0.562. The molecule has 1 saturated heterocycles. The zero-order chi connectivity index (χ0) is 10.6. The predicted octanol–water partition coefficient (Wildman–Crippen LogP) is -0.615. The minimum absolute atomic E-state index is 0.229.